The zero-order chi connectivity index (χ0) is 16.1. The maximum absolute atomic E-state index is 9.76. The van der Waals surface area contributed by atoms with Crippen molar-refractivity contribution in [3.63, 3.8) is 0 Å². The van der Waals surface area contributed by atoms with E-state index < -0.39 is 0 Å². The Morgan fingerprint density at radius 1 is 1.30 bits per heavy atom. The molecular weight excluding hydrogens is 288 g/mol. The summed E-state index contributed by atoms with van der Waals surface area (Å²) in [4.78, 5) is 6.52. The van der Waals surface area contributed by atoms with Crippen LogP contribution in [-0.2, 0) is 0 Å². The number of aromatic nitrogens is 1. The van der Waals surface area contributed by atoms with Gasteiger partial charge < -0.3 is 10.4 Å². The molecule has 0 bridgehead atoms. The van der Waals surface area contributed by atoms with Crippen LogP contribution in [-0.4, -0.2) is 47.3 Å². The number of nitrogens with zero attached hydrogens (tertiary/aromatic N) is 3. The van der Waals surface area contributed by atoms with Gasteiger partial charge in [-0.2, -0.15) is 5.26 Å². The fourth-order valence-electron chi connectivity index (χ4n) is 3.17. The molecule has 0 radical (unpaired) electrons. The number of hydrogen-bond donors (Lipinski definition) is 2. The predicted molar refractivity (Wildman–Crippen MR) is 87.7 cm³/mol. The minimum atomic E-state index is -0.0174. The molecule has 1 aliphatic heterocycles. The molecule has 2 aromatic rings. The molecule has 0 aliphatic carbocycles. The summed E-state index contributed by atoms with van der Waals surface area (Å²) in [6, 6.07) is 14.3. The minimum absolute atomic E-state index is 0.0174. The normalized spacial score (nSPS) is 19.9. The molecule has 0 amide bonds. The molecule has 118 valence electrons. The highest BCUT2D eigenvalue weighted by Gasteiger charge is 2.30. The second-order valence-corrected chi connectivity index (χ2v) is 5.71. The zero-order valence-corrected chi connectivity index (χ0v) is 12.9. The van der Waals surface area contributed by atoms with Gasteiger partial charge in [0.2, 0.25) is 0 Å². The van der Waals surface area contributed by atoms with Crippen molar-refractivity contribution in [1.82, 2.24) is 15.2 Å². The molecule has 2 heterocycles. The lowest BCUT2D eigenvalue weighted by Crippen LogP contribution is -2.54. The van der Waals surface area contributed by atoms with Gasteiger partial charge in [-0.3, -0.25) is 9.88 Å². The highest BCUT2D eigenvalue weighted by Crippen LogP contribution is 2.30. The van der Waals surface area contributed by atoms with Gasteiger partial charge in [-0.1, -0.05) is 30.3 Å². The fourth-order valence-corrected chi connectivity index (χ4v) is 3.17. The SMILES string of the molecule is N#Cc1cncc(C(c2ccccc2)N2CCNCC2CO)c1. The first kappa shape index (κ1) is 15.6. The molecule has 2 N–H and O–H groups in total. The van der Waals surface area contributed by atoms with E-state index in [9.17, 15) is 5.11 Å². The molecule has 23 heavy (non-hydrogen) atoms. The van der Waals surface area contributed by atoms with E-state index in [1.165, 1.54) is 0 Å². The molecule has 5 nitrogen and oxygen atoms in total. The Labute approximate surface area is 136 Å². The predicted octanol–water partition coefficient (Wildman–Crippen LogP) is 1.31. The van der Waals surface area contributed by atoms with Crippen LogP contribution in [0, 0.1) is 11.3 Å². The van der Waals surface area contributed by atoms with Crippen molar-refractivity contribution < 1.29 is 5.11 Å². The lowest BCUT2D eigenvalue weighted by Gasteiger charge is -2.41. The van der Waals surface area contributed by atoms with Gasteiger partial charge in [0.1, 0.15) is 6.07 Å². The van der Waals surface area contributed by atoms with Gasteiger partial charge in [-0.15, -0.1) is 0 Å². The third-order valence-electron chi connectivity index (χ3n) is 4.26. The lowest BCUT2D eigenvalue weighted by molar-refractivity contribution is 0.0759. The molecule has 2 unspecified atom stereocenters. The number of piperazine rings is 1. The largest absolute Gasteiger partial charge is 0.395 e. The van der Waals surface area contributed by atoms with Crippen molar-refractivity contribution in [2.24, 2.45) is 0 Å². The highest BCUT2D eigenvalue weighted by atomic mass is 16.3. The van der Waals surface area contributed by atoms with E-state index in [-0.39, 0.29) is 18.7 Å². The van der Waals surface area contributed by atoms with E-state index in [0.717, 1.165) is 30.8 Å². The van der Waals surface area contributed by atoms with Crippen LogP contribution < -0.4 is 5.32 Å². The van der Waals surface area contributed by atoms with Gasteiger partial charge in [-0.25, -0.2) is 0 Å². The third-order valence-corrected chi connectivity index (χ3v) is 4.26. The van der Waals surface area contributed by atoms with E-state index >= 15 is 0 Å². The Bertz CT molecular complexity index is 683. The van der Waals surface area contributed by atoms with Gasteiger partial charge in [0.05, 0.1) is 18.2 Å². The third kappa shape index (κ3) is 3.40. The molecule has 1 aromatic heterocycles. The van der Waals surface area contributed by atoms with Crippen molar-refractivity contribution in [1.29, 1.82) is 5.26 Å². The maximum Gasteiger partial charge on any atom is 0.101 e. The molecule has 5 heteroatoms. The number of benzene rings is 1. The number of aliphatic hydroxyl groups excluding tert-OH is 1. The molecule has 0 spiro atoms. The van der Waals surface area contributed by atoms with E-state index in [1.807, 2.05) is 30.5 Å². The topological polar surface area (TPSA) is 72.2 Å². The number of nitriles is 1. The lowest BCUT2D eigenvalue weighted by atomic mass is 9.95. The van der Waals surface area contributed by atoms with Gasteiger partial charge in [0.25, 0.3) is 0 Å². The van der Waals surface area contributed by atoms with E-state index in [4.69, 9.17) is 5.26 Å². The van der Waals surface area contributed by atoms with Crippen LogP contribution in [0.4, 0.5) is 0 Å². The average molecular weight is 308 g/mol. The van der Waals surface area contributed by atoms with Crippen LogP contribution in [0.3, 0.4) is 0 Å². The Hall–Kier alpha value is -2.26. The van der Waals surface area contributed by atoms with Crippen LogP contribution in [0.15, 0.2) is 48.8 Å². The maximum atomic E-state index is 9.76. The van der Waals surface area contributed by atoms with Gasteiger partial charge >= 0.3 is 0 Å². The molecule has 0 saturated carbocycles. The quantitative estimate of drug-likeness (QED) is 0.891. The average Bonchev–Trinajstić information content (AvgIpc) is 2.63. The fraction of sp³-hybridized carbons (Fsp3) is 0.333. The Morgan fingerprint density at radius 2 is 2.13 bits per heavy atom. The molecule has 2 atom stereocenters. The van der Waals surface area contributed by atoms with E-state index in [2.05, 4.69) is 33.4 Å². The molecule has 1 aromatic carbocycles. The summed E-state index contributed by atoms with van der Waals surface area (Å²) in [5, 5.41) is 22.3. The number of hydrogen-bond acceptors (Lipinski definition) is 5. The summed E-state index contributed by atoms with van der Waals surface area (Å²) in [6.07, 6.45) is 3.39. The van der Waals surface area contributed by atoms with Crippen LogP contribution >= 0.6 is 0 Å². The number of nitrogens with one attached hydrogen (secondary N) is 1. The number of rotatable bonds is 4. The highest BCUT2D eigenvalue weighted by molar-refractivity contribution is 5.36. The second kappa shape index (κ2) is 7.34. The first-order chi connectivity index (χ1) is 11.3. The number of pyridine rings is 1. The summed E-state index contributed by atoms with van der Waals surface area (Å²) in [5.41, 5.74) is 2.68. The monoisotopic (exact) mass is 308 g/mol. The zero-order valence-electron chi connectivity index (χ0n) is 12.9. The van der Waals surface area contributed by atoms with Crippen LogP contribution in [0.25, 0.3) is 0 Å². The number of aliphatic hydroxyl groups is 1. The van der Waals surface area contributed by atoms with Crippen LogP contribution in [0.1, 0.15) is 22.7 Å². The van der Waals surface area contributed by atoms with E-state index in [0.29, 0.717) is 5.56 Å². The molecular formula is C18H20N4O. The Morgan fingerprint density at radius 3 is 2.87 bits per heavy atom. The summed E-state index contributed by atoms with van der Waals surface area (Å²) >= 11 is 0. The van der Waals surface area contributed by atoms with Crippen molar-refractivity contribution in [2.75, 3.05) is 26.2 Å². The van der Waals surface area contributed by atoms with Crippen LogP contribution in [0.5, 0.6) is 0 Å². The van der Waals surface area contributed by atoms with Crippen molar-refractivity contribution in [3.8, 4) is 6.07 Å². The Balaban J connectivity index is 2.05. The smallest absolute Gasteiger partial charge is 0.101 e. The van der Waals surface area contributed by atoms with Gasteiger partial charge in [0, 0.05) is 38.1 Å². The van der Waals surface area contributed by atoms with E-state index in [1.54, 1.807) is 6.20 Å². The van der Waals surface area contributed by atoms with Crippen molar-refractivity contribution in [2.45, 2.75) is 12.1 Å². The molecule has 3 rings (SSSR count). The van der Waals surface area contributed by atoms with Gasteiger partial charge in [0.15, 0.2) is 0 Å². The van der Waals surface area contributed by atoms with Crippen molar-refractivity contribution >= 4 is 0 Å². The standard InChI is InChI=1S/C18H20N4O/c19-9-14-8-16(11-21-10-14)18(15-4-2-1-3-5-15)22-7-6-20-12-17(22)13-23/h1-5,8,10-11,17-18,20,23H,6-7,12-13H2. The first-order valence-electron chi connectivity index (χ1n) is 7.81. The van der Waals surface area contributed by atoms with Crippen LogP contribution in [0.2, 0.25) is 0 Å². The van der Waals surface area contributed by atoms with Gasteiger partial charge in [-0.05, 0) is 17.2 Å². The molecule has 1 aliphatic rings. The first-order valence-corrected chi connectivity index (χ1v) is 7.81. The minimum Gasteiger partial charge on any atom is -0.395 e. The summed E-state index contributed by atoms with van der Waals surface area (Å²) < 4.78 is 0. The summed E-state index contributed by atoms with van der Waals surface area (Å²) in [7, 11) is 0. The second-order valence-electron chi connectivity index (χ2n) is 5.71. The van der Waals surface area contributed by atoms with Crippen molar-refractivity contribution in [3.05, 3.63) is 65.5 Å². The summed E-state index contributed by atoms with van der Waals surface area (Å²) in [5.74, 6) is 0. The summed E-state index contributed by atoms with van der Waals surface area (Å²) in [6.45, 7) is 2.57. The molecule has 1 fully saturated rings. The molecule has 1 saturated heterocycles. The Kier molecular flexibility index (Phi) is 4.99.